The van der Waals surface area contributed by atoms with Crippen molar-refractivity contribution in [3.05, 3.63) is 58.9 Å². The maximum atomic E-state index is 14.2. The molecule has 1 aliphatic rings. The molecule has 0 radical (unpaired) electrons. The second kappa shape index (κ2) is 6.45. The number of nitrogens with one attached hydrogen (secondary N) is 1. The lowest BCUT2D eigenvalue weighted by Crippen LogP contribution is -2.20. The molecule has 1 unspecified atom stereocenters. The van der Waals surface area contributed by atoms with Gasteiger partial charge in [0.25, 0.3) is 0 Å². The van der Waals surface area contributed by atoms with E-state index in [-0.39, 0.29) is 22.9 Å². The molecular weight excluding hydrogens is 337 g/mol. The van der Waals surface area contributed by atoms with Gasteiger partial charge in [0.2, 0.25) is 0 Å². The molecule has 2 aromatic rings. The van der Waals surface area contributed by atoms with E-state index in [2.05, 4.69) is 5.32 Å². The van der Waals surface area contributed by atoms with Gasteiger partial charge in [-0.3, -0.25) is 0 Å². The lowest BCUT2D eigenvalue weighted by Gasteiger charge is -2.19. The van der Waals surface area contributed by atoms with Crippen LogP contribution in [0.3, 0.4) is 0 Å². The summed E-state index contributed by atoms with van der Waals surface area (Å²) in [6, 6.07) is 11.3. The highest BCUT2D eigenvalue weighted by atomic mass is 79.9. The van der Waals surface area contributed by atoms with Gasteiger partial charge in [-0.25, -0.2) is 4.39 Å². The number of hydrogen-bond acceptors (Lipinski definition) is 3. The van der Waals surface area contributed by atoms with Crippen LogP contribution < -0.4 is 5.32 Å². The van der Waals surface area contributed by atoms with E-state index in [0.29, 0.717) is 25.1 Å². The van der Waals surface area contributed by atoms with Crippen molar-refractivity contribution in [1.29, 1.82) is 0 Å². The van der Waals surface area contributed by atoms with Crippen molar-refractivity contribution in [3.63, 3.8) is 0 Å². The molecule has 0 fully saturated rings. The molecule has 0 saturated carbocycles. The third-order valence-electron chi connectivity index (χ3n) is 3.83. The number of phenolic OH excluding ortho intramolecular Hbond substituents is 2. The topological polar surface area (TPSA) is 52.5 Å². The molecule has 21 heavy (non-hydrogen) atoms. The van der Waals surface area contributed by atoms with Crippen molar-refractivity contribution >= 4 is 17.0 Å². The molecule has 5 heteroatoms. The second-order valence-electron chi connectivity index (χ2n) is 5.04. The highest BCUT2D eigenvalue weighted by molar-refractivity contribution is 8.93. The molecular formula is C16H17BrFNO2. The zero-order valence-corrected chi connectivity index (χ0v) is 13.1. The minimum absolute atomic E-state index is 0. The molecule has 3 rings (SSSR count). The predicted octanol–water partition coefficient (Wildman–Crippen LogP) is 3.09. The summed E-state index contributed by atoms with van der Waals surface area (Å²) in [6.07, 6.45) is 0.498. The molecule has 1 atom stereocenters. The maximum Gasteiger partial charge on any atom is 0.194 e. The number of phenols is 2. The maximum absolute atomic E-state index is 14.2. The van der Waals surface area contributed by atoms with Crippen molar-refractivity contribution in [2.75, 3.05) is 13.1 Å². The number of benzene rings is 2. The Morgan fingerprint density at radius 1 is 1.14 bits per heavy atom. The van der Waals surface area contributed by atoms with Crippen LogP contribution in [0, 0.1) is 5.82 Å². The fourth-order valence-electron chi connectivity index (χ4n) is 2.80. The first kappa shape index (κ1) is 15.8. The Morgan fingerprint density at radius 3 is 2.57 bits per heavy atom. The van der Waals surface area contributed by atoms with Crippen LogP contribution in [-0.4, -0.2) is 23.3 Å². The van der Waals surface area contributed by atoms with Crippen LogP contribution in [0.5, 0.6) is 11.5 Å². The van der Waals surface area contributed by atoms with E-state index < -0.39 is 17.3 Å². The summed E-state index contributed by atoms with van der Waals surface area (Å²) in [4.78, 5) is 0. The van der Waals surface area contributed by atoms with E-state index in [0.717, 1.165) is 11.1 Å². The summed E-state index contributed by atoms with van der Waals surface area (Å²) >= 11 is 0. The summed E-state index contributed by atoms with van der Waals surface area (Å²) < 4.78 is 14.2. The quantitative estimate of drug-likeness (QED) is 0.690. The highest BCUT2D eigenvalue weighted by Gasteiger charge is 2.25. The van der Waals surface area contributed by atoms with Crippen LogP contribution in [0.4, 0.5) is 4.39 Å². The first-order valence-electron chi connectivity index (χ1n) is 6.67. The molecule has 0 aromatic heterocycles. The number of halogens is 2. The smallest absolute Gasteiger partial charge is 0.194 e. The normalized spacial score (nSPS) is 17.5. The van der Waals surface area contributed by atoms with Gasteiger partial charge in [-0.15, -0.1) is 17.0 Å². The van der Waals surface area contributed by atoms with Gasteiger partial charge >= 0.3 is 0 Å². The molecule has 0 saturated heterocycles. The van der Waals surface area contributed by atoms with Gasteiger partial charge < -0.3 is 15.5 Å². The lowest BCUT2D eigenvalue weighted by molar-refractivity contribution is 0.375. The summed E-state index contributed by atoms with van der Waals surface area (Å²) in [5.41, 5.74) is 2.29. The van der Waals surface area contributed by atoms with Crippen LogP contribution in [0.15, 0.2) is 36.4 Å². The second-order valence-corrected chi connectivity index (χ2v) is 5.04. The number of rotatable bonds is 1. The van der Waals surface area contributed by atoms with Gasteiger partial charge in [0, 0.05) is 12.5 Å². The van der Waals surface area contributed by atoms with E-state index in [1.54, 1.807) is 0 Å². The van der Waals surface area contributed by atoms with E-state index in [4.69, 9.17) is 0 Å². The molecule has 0 amide bonds. The Bertz CT molecular complexity index is 634. The molecule has 112 valence electrons. The van der Waals surface area contributed by atoms with Gasteiger partial charge in [-0.05, 0) is 35.7 Å². The fourth-order valence-corrected chi connectivity index (χ4v) is 2.80. The highest BCUT2D eigenvalue weighted by Crippen LogP contribution is 2.38. The van der Waals surface area contributed by atoms with Gasteiger partial charge in [-0.1, -0.05) is 30.3 Å². The Balaban J connectivity index is 0.00000161. The van der Waals surface area contributed by atoms with Crippen LogP contribution in [-0.2, 0) is 6.42 Å². The summed E-state index contributed by atoms with van der Waals surface area (Å²) in [5, 5.41) is 22.5. The minimum Gasteiger partial charge on any atom is -0.504 e. The Hall–Kier alpha value is -1.59. The average molecular weight is 354 g/mol. The van der Waals surface area contributed by atoms with Crippen LogP contribution in [0.2, 0.25) is 0 Å². The zero-order chi connectivity index (χ0) is 14.1. The SMILES string of the molecule is Br.Oc1cc2c(c(F)c1O)CCNCC2c1ccccc1. The third-order valence-corrected chi connectivity index (χ3v) is 3.83. The Kier molecular flexibility index (Phi) is 4.85. The van der Waals surface area contributed by atoms with E-state index in [9.17, 15) is 14.6 Å². The van der Waals surface area contributed by atoms with Crippen molar-refractivity contribution in [2.24, 2.45) is 0 Å². The average Bonchev–Trinajstić information content (AvgIpc) is 2.68. The molecule has 1 heterocycles. The van der Waals surface area contributed by atoms with Gasteiger partial charge in [0.15, 0.2) is 17.3 Å². The largest absolute Gasteiger partial charge is 0.504 e. The third kappa shape index (κ3) is 2.89. The molecule has 3 N–H and O–H groups in total. The monoisotopic (exact) mass is 353 g/mol. The minimum atomic E-state index is -0.704. The van der Waals surface area contributed by atoms with Crippen molar-refractivity contribution in [1.82, 2.24) is 5.32 Å². The van der Waals surface area contributed by atoms with Crippen molar-refractivity contribution in [3.8, 4) is 11.5 Å². The summed E-state index contributed by atoms with van der Waals surface area (Å²) in [5.74, 6) is -1.79. The molecule has 2 aromatic carbocycles. The molecule has 3 nitrogen and oxygen atoms in total. The number of hydrogen-bond donors (Lipinski definition) is 3. The molecule has 0 spiro atoms. The van der Waals surface area contributed by atoms with E-state index >= 15 is 0 Å². The van der Waals surface area contributed by atoms with Crippen LogP contribution >= 0.6 is 17.0 Å². The van der Waals surface area contributed by atoms with E-state index in [1.807, 2.05) is 30.3 Å². The van der Waals surface area contributed by atoms with Crippen LogP contribution in [0.25, 0.3) is 0 Å². The van der Waals surface area contributed by atoms with Crippen molar-refractivity contribution in [2.45, 2.75) is 12.3 Å². The number of fused-ring (bicyclic) bond motifs is 1. The summed E-state index contributed by atoms with van der Waals surface area (Å²) in [7, 11) is 0. The van der Waals surface area contributed by atoms with Crippen molar-refractivity contribution < 1.29 is 14.6 Å². The molecule has 0 bridgehead atoms. The Labute approximate surface area is 133 Å². The molecule has 1 aliphatic heterocycles. The van der Waals surface area contributed by atoms with Gasteiger partial charge in [0.1, 0.15) is 0 Å². The van der Waals surface area contributed by atoms with E-state index in [1.165, 1.54) is 6.07 Å². The fraction of sp³-hybridized carbons (Fsp3) is 0.250. The Morgan fingerprint density at radius 2 is 1.86 bits per heavy atom. The first-order valence-corrected chi connectivity index (χ1v) is 6.67. The van der Waals surface area contributed by atoms with Gasteiger partial charge in [0.05, 0.1) is 0 Å². The lowest BCUT2D eigenvalue weighted by atomic mass is 9.87. The van der Waals surface area contributed by atoms with Gasteiger partial charge in [-0.2, -0.15) is 0 Å². The van der Waals surface area contributed by atoms with Crippen LogP contribution in [0.1, 0.15) is 22.6 Å². The standard InChI is InChI=1S/C16H16FNO2.BrH/c17-15-11-6-7-18-9-13(10-4-2-1-3-5-10)12(11)8-14(19)16(15)20;/h1-5,8,13,18-20H,6-7,9H2;1H. The zero-order valence-electron chi connectivity index (χ0n) is 11.3. The predicted molar refractivity (Wildman–Crippen MR) is 84.9 cm³/mol. The number of aromatic hydroxyl groups is 2. The first-order chi connectivity index (χ1) is 9.68. The molecule has 0 aliphatic carbocycles. The summed E-state index contributed by atoms with van der Waals surface area (Å²) in [6.45, 7) is 1.33.